The molecule has 0 aromatic rings. The number of hydrogen-bond donors (Lipinski definition) is 2. The van der Waals surface area contributed by atoms with E-state index in [0.29, 0.717) is 6.54 Å². The topological polar surface area (TPSA) is 88.1 Å². The van der Waals surface area contributed by atoms with E-state index >= 15 is 0 Å². The average molecular weight is 299 g/mol. The molecule has 0 aliphatic carbocycles. The molecule has 0 aromatic carbocycles. The van der Waals surface area contributed by atoms with Gasteiger partial charge in [0.05, 0.1) is 13.0 Å². The van der Waals surface area contributed by atoms with Crippen LogP contribution >= 0.6 is 0 Å². The number of halogens is 3. The van der Waals surface area contributed by atoms with Crippen molar-refractivity contribution in [3.05, 3.63) is 0 Å². The first-order valence-corrected chi connectivity index (χ1v) is 6.11. The molecule has 0 fully saturated rings. The lowest BCUT2D eigenvalue weighted by Crippen LogP contribution is -2.39. The lowest BCUT2D eigenvalue weighted by Gasteiger charge is -2.24. The molecule has 0 bridgehead atoms. The highest BCUT2D eigenvalue weighted by molar-refractivity contribution is 5.83. The zero-order valence-electron chi connectivity index (χ0n) is 11.5. The Balaban J connectivity index is 4.15. The predicted octanol–water partition coefficient (Wildman–Crippen LogP) is 1.19. The highest BCUT2D eigenvalue weighted by atomic mass is 19.4. The van der Waals surface area contributed by atoms with Gasteiger partial charge in [-0.3, -0.25) is 4.79 Å². The quantitative estimate of drug-likeness (QED) is 0.232. The van der Waals surface area contributed by atoms with Gasteiger partial charge in [-0.2, -0.15) is 13.2 Å². The predicted molar refractivity (Wildman–Crippen MR) is 66.3 cm³/mol. The van der Waals surface area contributed by atoms with Crippen molar-refractivity contribution >= 4 is 11.7 Å². The maximum absolute atomic E-state index is 11.8. The van der Waals surface area contributed by atoms with Gasteiger partial charge in [-0.1, -0.05) is 12.1 Å². The summed E-state index contributed by atoms with van der Waals surface area (Å²) in [6.45, 7) is 2.34. The Bertz CT molecular complexity index is 335. The monoisotopic (exact) mass is 299 g/mol. The molecule has 0 heterocycles. The molecule has 0 saturated heterocycles. The van der Waals surface area contributed by atoms with Gasteiger partial charge in [0, 0.05) is 19.0 Å². The van der Waals surface area contributed by atoms with Crippen molar-refractivity contribution in [2.75, 3.05) is 26.3 Å². The van der Waals surface area contributed by atoms with Crippen LogP contribution in [0.1, 0.15) is 20.3 Å². The highest BCUT2D eigenvalue weighted by Gasteiger charge is 2.27. The molecule has 0 aliphatic rings. The summed E-state index contributed by atoms with van der Waals surface area (Å²) in [7, 11) is 0. The fourth-order valence-electron chi connectivity index (χ4n) is 1.44. The molecule has 9 heteroatoms. The Labute approximate surface area is 115 Å². The average Bonchev–Trinajstić information content (AvgIpc) is 2.38. The van der Waals surface area contributed by atoms with Crippen LogP contribution in [0, 0.1) is 5.92 Å². The number of nitrogens with zero attached hydrogens (tertiary/aromatic N) is 2. The van der Waals surface area contributed by atoms with E-state index in [1.54, 1.807) is 13.8 Å². The molecule has 0 rings (SSSR count). The number of carbonyl (C=O) groups excluding carboxylic acids is 1. The van der Waals surface area contributed by atoms with Crippen molar-refractivity contribution in [1.29, 1.82) is 0 Å². The van der Waals surface area contributed by atoms with Gasteiger partial charge in [-0.25, -0.2) is 0 Å². The van der Waals surface area contributed by atoms with Crippen LogP contribution in [-0.2, 0) is 9.53 Å². The molecule has 0 saturated carbocycles. The molecule has 6 nitrogen and oxygen atoms in total. The standard InChI is InChI=1S/C11H20F3N3O3/c1-3-17(6-8(2)10(15)16-19)9(18)4-5-20-7-11(12,13)14/h8,19H,3-7H2,1-2H3,(H2,15,16). The normalized spacial score (nSPS) is 14.2. The molecule has 1 amide bonds. The third-order valence-corrected chi connectivity index (χ3v) is 2.58. The van der Waals surface area contributed by atoms with E-state index in [1.165, 1.54) is 4.90 Å². The zero-order chi connectivity index (χ0) is 15.8. The molecular formula is C11H20F3N3O3. The molecule has 118 valence electrons. The van der Waals surface area contributed by atoms with E-state index in [-0.39, 0.29) is 37.2 Å². The molecule has 1 unspecified atom stereocenters. The molecular weight excluding hydrogens is 279 g/mol. The smallest absolute Gasteiger partial charge is 0.409 e. The van der Waals surface area contributed by atoms with Gasteiger partial charge < -0.3 is 20.6 Å². The molecule has 20 heavy (non-hydrogen) atoms. The van der Waals surface area contributed by atoms with Crippen molar-refractivity contribution < 1.29 is 27.9 Å². The van der Waals surface area contributed by atoms with Gasteiger partial charge in [0.25, 0.3) is 0 Å². The molecule has 1 atom stereocenters. The molecule has 0 radical (unpaired) electrons. The summed E-state index contributed by atoms with van der Waals surface area (Å²) in [5, 5.41) is 11.4. The van der Waals surface area contributed by atoms with E-state index in [9.17, 15) is 18.0 Å². The molecule has 3 N–H and O–H groups in total. The second kappa shape index (κ2) is 8.62. The maximum Gasteiger partial charge on any atom is 0.411 e. The van der Waals surface area contributed by atoms with E-state index in [2.05, 4.69) is 9.89 Å². The van der Waals surface area contributed by atoms with Crippen LogP contribution in [0.25, 0.3) is 0 Å². The first kappa shape index (κ1) is 18.5. The number of hydrogen-bond acceptors (Lipinski definition) is 4. The van der Waals surface area contributed by atoms with Crippen molar-refractivity contribution in [3.8, 4) is 0 Å². The lowest BCUT2D eigenvalue weighted by molar-refractivity contribution is -0.175. The van der Waals surface area contributed by atoms with Crippen molar-refractivity contribution in [3.63, 3.8) is 0 Å². The Morgan fingerprint density at radius 1 is 1.50 bits per heavy atom. The van der Waals surface area contributed by atoms with Gasteiger partial charge in [0.1, 0.15) is 12.4 Å². The maximum atomic E-state index is 11.8. The summed E-state index contributed by atoms with van der Waals surface area (Å²) >= 11 is 0. The van der Waals surface area contributed by atoms with Crippen LogP contribution in [0.2, 0.25) is 0 Å². The number of amides is 1. The summed E-state index contributed by atoms with van der Waals surface area (Å²) in [6, 6.07) is 0. The number of rotatable bonds is 8. The molecule has 0 aliphatic heterocycles. The first-order chi connectivity index (χ1) is 9.21. The third-order valence-electron chi connectivity index (χ3n) is 2.58. The number of alkyl halides is 3. The zero-order valence-corrected chi connectivity index (χ0v) is 11.5. The highest BCUT2D eigenvalue weighted by Crippen LogP contribution is 2.14. The van der Waals surface area contributed by atoms with Crippen LogP contribution in [0.4, 0.5) is 13.2 Å². The largest absolute Gasteiger partial charge is 0.411 e. The SMILES string of the molecule is CCN(CC(C)C(N)=NO)C(=O)CCOCC(F)(F)F. The summed E-state index contributed by atoms with van der Waals surface area (Å²) in [4.78, 5) is 13.2. The van der Waals surface area contributed by atoms with E-state index < -0.39 is 12.8 Å². The van der Waals surface area contributed by atoms with Crippen LogP contribution in [0.3, 0.4) is 0 Å². The minimum Gasteiger partial charge on any atom is -0.409 e. The van der Waals surface area contributed by atoms with Crippen LogP contribution in [0.5, 0.6) is 0 Å². The number of carbonyl (C=O) groups is 1. The number of nitrogens with two attached hydrogens (primary N) is 1. The van der Waals surface area contributed by atoms with Gasteiger partial charge >= 0.3 is 6.18 Å². The van der Waals surface area contributed by atoms with Gasteiger partial charge in [-0.15, -0.1) is 0 Å². The van der Waals surface area contributed by atoms with Crippen molar-refractivity contribution in [1.82, 2.24) is 4.90 Å². The van der Waals surface area contributed by atoms with Crippen LogP contribution < -0.4 is 5.73 Å². The summed E-state index contributed by atoms with van der Waals surface area (Å²) < 4.78 is 39.9. The molecule has 0 spiro atoms. The summed E-state index contributed by atoms with van der Waals surface area (Å²) in [6.07, 6.45) is -4.54. The fourth-order valence-corrected chi connectivity index (χ4v) is 1.44. The summed E-state index contributed by atoms with van der Waals surface area (Å²) in [5.74, 6) is -0.697. The van der Waals surface area contributed by atoms with Gasteiger partial charge in [0.2, 0.25) is 5.91 Å². The molecule has 0 aromatic heterocycles. The van der Waals surface area contributed by atoms with Gasteiger partial charge in [0.15, 0.2) is 0 Å². The summed E-state index contributed by atoms with van der Waals surface area (Å²) in [5.41, 5.74) is 5.40. The van der Waals surface area contributed by atoms with E-state index in [4.69, 9.17) is 10.9 Å². The second-order valence-corrected chi connectivity index (χ2v) is 4.28. The number of amidine groups is 1. The minimum atomic E-state index is -4.39. The lowest BCUT2D eigenvalue weighted by atomic mass is 10.1. The number of oxime groups is 1. The second-order valence-electron chi connectivity index (χ2n) is 4.28. The fraction of sp³-hybridized carbons (Fsp3) is 0.818. The van der Waals surface area contributed by atoms with Crippen molar-refractivity contribution in [2.45, 2.75) is 26.4 Å². The Morgan fingerprint density at radius 3 is 2.55 bits per heavy atom. The minimum absolute atomic E-state index is 0.00966. The van der Waals surface area contributed by atoms with E-state index in [1.807, 2.05) is 0 Å². The Kier molecular flexibility index (Phi) is 7.97. The Hall–Kier alpha value is -1.51. The van der Waals surface area contributed by atoms with E-state index in [0.717, 1.165) is 0 Å². The number of ether oxygens (including phenoxy) is 1. The van der Waals surface area contributed by atoms with Gasteiger partial charge in [-0.05, 0) is 6.92 Å². The Morgan fingerprint density at radius 2 is 2.10 bits per heavy atom. The van der Waals surface area contributed by atoms with Crippen LogP contribution in [-0.4, -0.2) is 54.3 Å². The third kappa shape index (κ3) is 7.82. The first-order valence-electron chi connectivity index (χ1n) is 6.11. The van der Waals surface area contributed by atoms with Crippen molar-refractivity contribution in [2.24, 2.45) is 16.8 Å². The van der Waals surface area contributed by atoms with Crippen LogP contribution in [0.15, 0.2) is 5.16 Å².